The normalized spacial score (nSPS) is 16.4. The Hall–Kier alpha value is -3.91. The first kappa shape index (κ1) is 29.6. The van der Waals surface area contributed by atoms with E-state index in [1.54, 1.807) is 0 Å². The summed E-state index contributed by atoms with van der Waals surface area (Å²) in [5.74, 6) is 1.97. The van der Waals surface area contributed by atoms with E-state index in [9.17, 15) is 0 Å². The van der Waals surface area contributed by atoms with Gasteiger partial charge in [0.15, 0.2) is 5.71 Å². The van der Waals surface area contributed by atoms with Crippen LogP contribution in [0.15, 0.2) is 138 Å². The molecule has 2 aliphatic heterocycles. The van der Waals surface area contributed by atoms with Crippen LogP contribution in [0.4, 0.5) is 0 Å². The van der Waals surface area contributed by atoms with E-state index in [4.69, 9.17) is 4.74 Å². The van der Waals surface area contributed by atoms with Crippen molar-refractivity contribution in [3.05, 3.63) is 154 Å². The van der Waals surface area contributed by atoms with Gasteiger partial charge in [-0.05, 0) is 28.8 Å². The molecule has 5 rings (SSSR count). The third kappa shape index (κ3) is 5.48. The Labute approximate surface area is 253 Å². The number of benzene rings is 3. The van der Waals surface area contributed by atoms with E-state index < -0.39 is 5.41 Å². The van der Waals surface area contributed by atoms with Crippen molar-refractivity contribution < 1.29 is 9.73 Å². The Kier molecular flexibility index (Phi) is 7.56. The van der Waals surface area contributed by atoms with E-state index in [0.29, 0.717) is 0 Å². The number of hydrogen-bond donors (Lipinski definition) is 1. The van der Waals surface area contributed by atoms with Gasteiger partial charge in [-0.3, -0.25) is 0 Å². The van der Waals surface area contributed by atoms with E-state index >= 15 is 0 Å². The van der Waals surface area contributed by atoms with Gasteiger partial charge in [0.05, 0.1) is 11.0 Å². The van der Waals surface area contributed by atoms with E-state index in [1.165, 1.54) is 28.0 Å². The second-order valence-corrected chi connectivity index (χ2v) is 14.6. The fraction of sp³-hybridized carbons (Fsp3) is 0.325. The van der Waals surface area contributed by atoms with Gasteiger partial charge < -0.3 is 4.74 Å². The highest BCUT2D eigenvalue weighted by atomic mass is 16.5. The van der Waals surface area contributed by atoms with Gasteiger partial charge in [0.2, 0.25) is 5.70 Å². The minimum atomic E-state index is -0.528. The fourth-order valence-corrected chi connectivity index (χ4v) is 5.92. The van der Waals surface area contributed by atoms with Crippen molar-refractivity contribution >= 4 is 5.71 Å². The maximum Gasteiger partial charge on any atom is 0.211 e. The Bertz CT molecular complexity index is 1470. The van der Waals surface area contributed by atoms with Crippen LogP contribution in [-0.4, -0.2) is 5.71 Å². The number of allylic oxidation sites excluding steroid dienone is 7. The largest absolute Gasteiger partial charge is 0.465 e. The summed E-state index contributed by atoms with van der Waals surface area (Å²) >= 11 is 0. The lowest BCUT2D eigenvalue weighted by Crippen LogP contribution is -2.72. The number of ether oxygens (including phenoxy) is 1. The Balaban J connectivity index is 1.91. The van der Waals surface area contributed by atoms with Gasteiger partial charge in [-0.25, -0.2) is 4.99 Å². The second-order valence-electron chi connectivity index (χ2n) is 14.6. The molecule has 1 N–H and O–H groups in total. The molecule has 0 fully saturated rings. The highest BCUT2D eigenvalue weighted by Gasteiger charge is 2.49. The van der Waals surface area contributed by atoms with Crippen LogP contribution >= 0.6 is 0 Å². The van der Waals surface area contributed by atoms with Gasteiger partial charge in [-0.2, -0.15) is 0 Å². The van der Waals surface area contributed by atoms with Gasteiger partial charge in [0.25, 0.3) is 0 Å². The van der Waals surface area contributed by atoms with Crippen molar-refractivity contribution in [2.75, 3.05) is 0 Å². The van der Waals surface area contributed by atoms with Crippen LogP contribution in [0.25, 0.3) is 0 Å². The van der Waals surface area contributed by atoms with Crippen molar-refractivity contribution in [3.8, 4) is 0 Å². The summed E-state index contributed by atoms with van der Waals surface area (Å²) in [6.07, 6.45) is 6.86. The van der Waals surface area contributed by atoms with E-state index in [1.807, 2.05) is 0 Å². The molecule has 0 unspecified atom stereocenters. The molecule has 2 heterocycles. The number of hydrogen-bond acceptors (Lipinski definition) is 1. The van der Waals surface area contributed by atoms with E-state index in [0.717, 1.165) is 22.8 Å². The third-order valence-corrected chi connectivity index (χ3v) is 8.17. The van der Waals surface area contributed by atoms with Crippen LogP contribution in [0.1, 0.15) is 79.0 Å². The average Bonchev–Trinajstić information content (AvgIpc) is 3.41. The zero-order valence-corrected chi connectivity index (χ0v) is 26.8. The van der Waals surface area contributed by atoms with Crippen LogP contribution < -0.4 is 4.99 Å². The van der Waals surface area contributed by atoms with E-state index in [2.05, 4.69) is 177 Å². The predicted octanol–water partition coefficient (Wildman–Crippen LogP) is 8.67. The number of rotatable bonds is 4. The molecule has 216 valence electrons. The predicted molar refractivity (Wildman–Crippen MR) is 176 cm³/mol. The van der Waals surface area contributed by atoms with Gasteiger partial charge in [-0.1, -0.05) is 153 Å². The van der Waals surface area contributed by atoms with Gasteiger partial charge >= 0.3 is 0 Å². The molecule has 0 saturated carbocycles. The van der Waals surface area contributed by atoms with Gasteiger partial charge in [0, 0.05) is 27.9 Å². The summed E-state index contributed by atoms with van der Waals surface area (Å²) in [5.41, 5.74) is 7.56. The summed E-state index contributed by atoms with van der Waals surface area (Å²) in [6, 6.07) is 32.9. The molecule has 0 aliphatic carbocycles. The molecule has 0 aromatic heterocycles. The fourth-order valence-electron chi connectivity index (χ4n) is 5.92. The molecule has 0 spiro atoms. The lowest BCUT2D eigenvalue weighted by molar-refractivity contribution is -0.392. The molecule has 3 aromatic rings. The standard InChI is InChI=1S/C40H45NO/c1-37(2,3)34-25-28(26-35(42-34)38(4,5)6)33-27-32(36(41-33)39(7,8)9)40(29-19-13-10-14-20-29,30-21-15-11-16-22-30)31-23-17-12-18-24-31/h10-27H,1-9H3/p+1. The van der Waals surface area contributed by atoms with Crippen molar-refractivity contribution in [2.24, 2.45) is 16.2 Å². The minimum absolute atomic E-state index is 0.125. The maximum absolute atomic E-state index is 6.53. The molecular weight excluding hydrogens is 510 g/mol. The smallest absolute Gasteiger partial charge is 0.211 e. The molecule has 42 heavy (non-hydrogen) atoms. The van der Waals surface area contributed by atoms with Gasteiger partial charge in [0.1, 0.15) is 11.5 Å². The molecule has 2 heteroatoms. The Morgan fingerprint density at radius 2 is 0.857 bits per heavy atom. The summed E-state index contributed by atoms with van der Waals surface area (Å²) in [6.45, 7) is 20.2. The molecule has 0 amide bonds. The molecule has 0 bridgehead atoms. The van der Waals surface area contributed by atoms with Crippen LogP contribution in [0.5, 0.6) is 0 Å². The van der Waals surface area contributed by atoms with Crippen molar-refractivity contribution in [3.63, 3.8) is 0 Å². The van der Waals surface area contributed by atoms with Crippen molar-refractivity contribution in [2.45, 2.75) is 67.7 Å². The summed E-state index contributed by atoms with van der Waals surface area (Å²) in [7, 11) is 0. The summed E-state index contributed by atoms with van der Waals surface area (Å²) in [5, 5.41) is 0. The highest BCUT2D eigenvalue weighted by Crippen LogP contribution is 2.48. The minimum Gasteiger partial charge on any atom is -0.465 e. The second kappa shape index (κ2) is 10.7. The molecule has 2 aliphatic rings. The lowest BCUT2D eigenvalue weighted by Gasteiger charge is -2.38. The van der Waals surface area contributed by atoms with Gasteiger partial charge in [-0.15, -0.1) is 0 Å². The first-order valence-corrected chi connectivity index (χ1v) is 15.1. The van der Waals surface area contributed by atoms with Crippen LogP contribution in [0.3, 0.4) is 0 Å². The molecule has 2 nitrogen and oxygen atoms in total. The first-order valence-electron chi connectivity index (χ1n) is 15.1. The Morgan fingerprint density at radius 3 is 1.19 bits per heavy atom. The quantitative estimate of drug-likeness (QED) is 0.319. The van der Waals surface area contributed by atoms with Crippen molar-refractivity contribution in [1.82, 2.24) is 0 Å². The zero-order valence-electron chi connectivity index (χ0n) is 26.8. The Morgan fingerprint density at radius 1 is 0.476 bits per heavy atom. The monoisotopic (exact) mass is 556 g/mol. The van der Waals surface area contributed by atoms with Crippen LogP contribution in [-0.2, 0) is 10.2 Å². The highest BCUT2D eigenvalue weighted by molar-refractivity contribution is 6.05. The topological polar surface area (TPSA) is 23.2 Å². The summed E-state index contributed by atoms with van der Waals surface area (Å²) < 4.78 is 6.53. The maximum atomic E-state index is 6.53. The molecule has 0 atom stereocenters. The average molecular weight is 557 g/mol. The number of nitrogens with one attached hydrogen (secondary N) is 1. The molecular formula is C40H46NO+. The van der Waals surface area contributed by atoms with E-state index in [-0.39, 0.29) is 16.2 Å². The third-order valence-electron chi connectivity index (χ3n) is 8.17. The summed E-state index contributed by atoms with van der Waals surface area (Å²) in [4.78, 5) is 3.97. The SMILES string of the molecule is CC(C)(C)C1=CC(=C2C=C(C(c3ccccc3)(c3ccccc3)c3ccccc3)C(C(C)(C)C)=[NH+]2)C=C(C(C)(C)C)O1. The lowest BCUT2D eigenvalue weighted by atomic mass is 9.61. The zero-order chi connectivity index (χ0) is 30.3. The molecule has 3 aromatic carbocycles. The molecule has 0 saturated heterocycles. The first-order chi connectivity index (χ1) is 19.7. The van der Waals surface area contributed by atoms with Crippen molar-refractivity contribution in [1.29, 1.82) is 0 Å². The van der Waals surface area contributed by atoms with Crippen LogP contribution in [0.2, 0.25) is 0 Å². The molecule has 0 radical (unpaired) electrons. The van der Waals surface area contributed by atoms with Crippen LogP contribution in [0, 0.1) is 16.2 Å².